The lowest BCUT2D eigenvalue weighted by Crippen LogP contribution is -2.35. The average molecular weight is 438 g/mol. The first-order valence-corrected chi connectivity index (χ1v) is 9.93. The maximum Gasteiger partial charge on any atom is 0.340 e. The van der Waals surface area contributed by atoms with Crippen molar-refractivity contribution in [1.29, 1.82) is 0 Å². The number of benzene rings is 1. The molecule has 1 aliphatic heterocycles. The maximum absolute atomic E-state index is 13.7. The molecule has 158 valence electrons. The Morgan fingerprint density at radius 3 is 2.77 bits per heavy atom. The van der Waals surface area contributed by atoms with Gasteiger partial charge < -0.3 is 19.8 Å². The van der Waals surface area contributed by atoms with Crippen LogP contribution in [0.1, 0.15) is 28.3 Å². The Kier molecular flexibility index (Phi) is 5.52. The number of fused-ring (bicyclic) bond motifs is 1. The normalized spacial score (nSPS) is 15.3. The van der Waals surface area contributed by atoms with Crippen molar-refractivity contribution >= 4 is 17.6 Å². The summed E-state index contributed by atoms with van der Waals surface area (Å²) in [6, 6.07) is 12.4. The number of ether oxygens (including phenoxy) is 2. The summed E-state index contributed by atoms with van der Waals surface area (Å²) in [6.07, 6.45) is 3.37. The summed E-state index contributed by atoms with van der Waals surface area (Å²) in [5.41, 5.74) is 8.36. The largest absolute Gasteiger partial charge is 0.465 e. The first kappa shape index (κ1) is 20.7. The van der Waals surface area contributed by atoms with E-state index in [0.717, 1.165) is 5.56 Å². The van der Waals surface area contributed by atoms with Crippen molar-refractivity contribution in [3.8, 4) is 5.75 Å². The average Bonchev–Trinajstić information content (AvgIpc) is 2.76. The summed E-state index contributed by atoms with van der Waals surface area (Å²) < 4.78 is 12.3. The van der Waals surface area contributed by atoms with E-state index in [1.54, 1.807) is 47.3 Å². The highest BCUT2D eigenvalue weighted by molar-refractivity contribution is 6.30. The molecule has 1 aromatic carbocycles. The van der Waals surface area contributed by atoms with Gasteiger partial charge in [0.05, 0.1) is 25.1 Å². The summed E-state index contributed by atoms with van der Waals surface area (Å²) in [6.45, 7) is 2.13. The van der Waals surface area contributed by atoms with Gasteiger partial charge in [0.1, 0.15) is 11.3 Å². The van der Waals surface area contributed by atoms with Crippen LogP contribution in [0.3, 0.4) is 0 Å². The summed E-state index contributed by atoms with van der Waals surface area (Å²) in [5.74, 6) is -1.26. The van der Waals surface area contributed by atoms with Gasteiger partial charge in [-0.05, 0) is 36.2 Å². The van der Waals surface area contributed by atoms with Crippen molar-refractivity contribution in [2.75, 3.05) is 7.11 Å². The SMILES string of the molecule is COC(=O)C1=C(N)Oc2cc(C)n(Cc3cccnc3)c(=O)c2C1c1cccc(Cl)c1. The highest BCUT2D eigenvalue weighted by atomic mass is 35.5. The van der Waals surface area contributed by atoms with E-state index >= 15 is 0 Å². The molecule has 0 spiro atoms. The standard InChI is InChI=1S/C23H20ClN3O4/c1-13-9-17-19(22(28)27(13)12-14-5-4-8-26-11-14)18(15-6-3-7-16(24)10-15)20(21(25)31-17)23(29)30-2/h3-11,18H,12,25H2,1-2H3. The van der Waals surface area contributed by atoms with Gasteiger partial charge in [0.2, 0.25) is 5.88 Å². The monoisotopic (exact) mass is 437 g/mol. The van der Waals surface area contributed by atoms with E-state index in [4.69, 9.17) is 26.8 Å². The zero-order chi connectivity index (χ0) is 22.1. The molecule has 0 fully saturated rings. The number of hydrogen-bond donors (Lipinski definition) is 1. The molecule has 3 aromatic rings. The van der Waals surface area contributed by atoms with Gasteiger partial charge in [-0.3, -0.25) is 9.78 Å². The number of aryl methyl sites for hydroxylation is 1. The minimum Gasteiger partial charge on any atom is -0.465 e. The van der Waals surface area contributed by atoms with Crippen LogP contribution in [0.5, 0.6) is 5.75 Å². The van der Waals surface area contributed by atoms with Gasteiger partial charge in [-0.2, -0.15) is 0 Å². The second-order valence-electron chi connectivity index (χ2n) is 7.18. The van der Waals surface area contributed by atoms with Crippen LogP contribution in [0.2, 0.25) is 5.02 Å². The van der Waals surface area contributed by atoms with Gasteiger partial charge in [0.25, 0.3) is 5.56 Å². The van der Waals surface area contributed by atoms with Gasteiger partial charge in [0, 0.05) is 29.2 Å². The third kappa shape index (κ3) is 3.80. The fourth-order valence-electron chi connectivity index (χ4n) is 3.79. The van der Waals surface area contributed by atoms with E-state index in [1.165, 1.54) is 7.11 Å². The van der Waals surface area contributed by atoms with Crippen LogP contribution in [0.25, 0.3) is 0 Å². The fourth-order valence-corrected chi connectivity index (χ4v) is 3.98. The number of halogens is 1. The molecule has 0 saturated heterocycles. The van der Waals surface area contributed by atoms with E-state index in [0.29, 0.717) is 34.1 Å². The molecule has 1 atom stereocenters. The van der Waals surface area contributed by atoms with Crippen molar-refractivity contribution in [3.05, 3.63) is 104 Å². The molecule has 0 radical (unpaired) electrons. The molecule has 31 heavy (non-hydrogen) atoms. The molecule has 3 heterocycles. The van der Waals surface area contributed by atoms with E-state index in [-0.39, 0.29) is 17.0 Å². The Hall–Kier alpha value is -3.58. The third-order valence-corrected chi connectivity index (χ3v) is 5.46. The lowest BCUT2D eigenvalue weighted by atomic mass is 9.83. The van der Waals surface area contributed by atoms with Crippen LogP contribution < -0.4 is 16.0 Å². The quantitative estimate of drug-likeness (QED) is 0.630. The Balaban J connectivity index is 1.96. The van der Waals surface area contributed by atoms with E-state index < -0.39 is 11.9 Å². The van der Waals surface area contributed by atoms with Crippen molar-refractivity contribution in [2.45, 2.75) is 19.4 Å². The lowest BCUT2D eigenvalue weighted by Gasteiger charge is -2.29. The number of nitrogens with zero attached hydrogens (tertiary/aromatic N) is 2. The Morgan fingerprint density at radius 1 is 1.29 bits per heavy atom. The topological polar surface area (TPSA) is 96.4 Å². The third-order valence-electron chi connectivity index (χ3n) is 5.22. The first-order chi connectivity index (χ1) is 14.9. The highest BCUT2D eigenvalue weighted by Crippen LogP contribution is 2.41. The summed E-state index contributed by atoms with van der Waals surface area (Å²) in [7, 11) is 1.25. The zero-order valence-corrected chi connectivity index (χ0v) is 17.7. The summed E-state index contributed by atoms with van der Waals surface area (Å²) in [5, 5.41) is 0.469. The highest BCUT2D eigenvalue weighted by Gasteiger charge is 2.38. The van der Waals surface area contributed by atoms with E-state index in [2.05, 4.69) is 4.98 Å². The minimum absolute atomic E-state index is 0.0612. The summed E-state index contributed by atoms with van der Waals surface area (Å²) >= 11 is 6.21. The van der Waals surface area contributed by atoms with Gasteiger partial charge >= 0.3 is 5.97 Å². The van der Waals surface area contributed by atoms with Gasteiger partial charge in [-0.15, -0.1) is 0 Å². The van der Waals surface area contributed by atoms with Crippen molar-refractivity contribution < 1.29 is 14.3 Å². The van der Waals surface area contributed by atoms with Gasteiger partial charge in [-0.1, -0.05) is 29.8 Å². The van der Waals surface area contributed by atoms with E-state index in [9.17, 15) is 9.59 Å². The van der Waals surface area contributed by atoms with Gasteiger partial charge in [0.15, 0.2) is 0 Å². The maximum atomic E-state index is 13.7. The van der Waals surface area contributed by atoms with Crippen LogP contribution in [-0.2, 0) is 16.1 Å². The Morgan fingerprint density at radius 2 is 2.10 bits per heavy atom. The van der Waals surface area contributed by atoms with E-state index in [1.807, 2.05) is 19.1 Å². The molecule has 2 aromatic heterocycles. The van der Waals surface area contributed by atoms with Crippen LogP contribution >= 0.6 is 11.6 Å². The molecule has 7 nitrogen and oxygen atoms in total. The number of carbonyl (C=O) groups excluding carboxylic acids is 1. The molecule has 8 heteroatoms. The number of carbonyl (C=O) groups is 1. The Bertz CT molecular complexity index is 1250. The predicted octanol–water partition coefficient (Wildman–Crippen LogP) is 3.12. The minimum atomic E-state index is -0.789. The number of aromatic nitrogens is 2. The molecule has 1 aliphatic rings. The molecule has 0 bridgehead atoms. The fraction of sp³-hybridized carbons (Fsp3) is 0.174. The van der Waals surface area contributed by atoms with Crippen LogP contribution in [0.4, 0.5) is 0 Å². The number of hydrogen-bond acceptors (Lipinski definition) is 6. The number of methoxy groups -OCH3 is 1. The van der Waals surface area contributed by atoms with Gasteiger partial charge in [-0.25, -0.2) is 4.79 Å². The number of rotatable bonds is 4. The first-order valence-electron chi connectivity index (χ1n) is 9.55. The molecule has 0 aliphatic carbocycles. The molecule has 1 unspecified atom stereocenters. The smallest absolute Gasteiger partial charge is 0.340 e. The second-order valence-corrected chi connectivity index (χ2v) is 7.61. The molecular formula is C23H20ClN3O4. The number of pyridine rings is 2. The number of nitrogens with two attached hydrogens (primary N) is 1. The van der Waals surface area contributed by atoms with Crippen LogP contribution in [-0.4, -0.2) is 22.6 Å². The molecule has 0 saturated carbocycles. The predicted molar refractivity (Wildman–Crippen MR) is 116 cm³/mol. The van der Waals surface area contributed by atoms with Crippen molar-refractivity contribution in [2.24, 2.45) is 5.73 Å². The second kappa shape index (κ2) is 8.28. The van der Waals surface area contributed by atoms with Crippen LogP contribution in [0, 0.1) is 6.92 Å². The van der Waals surface area contributed by atoms with Crippen molar-refractivity contribution in [1.82, 2.24) is 9.55 Å². The number of esters is 1. The van der Waals surface area contributed by atoms with Crippen molar-refractivity contribution in [3.63, 3.8) is 0 Å². The zero-order valence-electron chi connectivity index (χ0n) is 17.0. The lowest BCUT2D eigenvalue weighted by molar-refractivity contribution is -0.136. The molecule has 0 amide bonds. The molecule has 2 N–H and O–H groups in total. The Labute approximate surface area is 183 Å². The van der Waals surface area contributed by atoms with Crippen LogP contribution in [0.15, 0.2) is 71.1 Å². The molecular weight excluding hydrogens is 418 g/mol. The summed E-state index contributed by atoms with van der Waals surface area (Å²) in [4.78, 5) is 30.4. The molecule has 4 rings (SSSR count).